The maximum absolute atomic E-state index is 5.66. The average molecular weight is 281 g/mol. The van der Waals surface area contributed by atoms with E-state index in [1.807, 2.05) is 6.26 Å². The lowest BCUT2D eigenvalue weighted by atomic mass is 10.2. The molecule has 0 bridgehead atoms. The van der Waals surface area contributed by atoms with Gasteiger partial charge < -0.3 is 14.6 Å². The van der Waals surface area contributed by atoms with Gasteiger partial charge in [0.15, 0.2) is 0 Å². The van der Waals surface area contributed by atoms with Gasteiger partial charge in [0.05, 0.1) is 12.8 Å². The highest BCUT2D eigenvalue weighted by atomic mass is 16.3. The van der Waals surface area contributed by atoms with Crippen molar-refractivity contribution >= 4 is 0 Å². The summed E-state index contributed by atoms with van der Waals surface area (Å²) in [6.45, 7) is 10.6. The molecule has 0 saturated heterocycles. The van der Waals surface area contributed by atoms with Crippen molar-refractivity contribution in [2.45, 2.75) is 39.8 Å². The molecule has 0 saturated carbocycles. The van der Waals surface area contributed by atoms with E-state index in [4.69, 9.17) is 4.42 Å². The Bertz CT molecular complexity index is 349. The molecule has 0 radical (unpaired) electrons. The zero-order chi connectivity index (χ0) is 14.8. The number of nitrogens with one attached hydrogen (secondary N) is 1. The molecule has 116 valence electrons. The van der Waals surface area contributed by atoms with E-state index in [2.05, 4.69) is 49.1 Å². The van der Waals surface area contributed by atoms with E-state index >= 15 is 0 Å². The second-order valence-electron chi connectivity index (χ2n) is 5.57. The highest BCUT2D eigenvalue weighted by molar-refractivity contribution is 5.16. The molecule has 1 N–H and O–H groups in total. The van der Waals surface area contributed by atoms with Crippen molar-refractivity contribution in [2.75, 3.05) is 40.3 Å². The molecule has 0 spiro atoms. The van der Waals surface area contributed by atoms with E-state index in [1.165, 1.54) is 18.4 Å². The third kappa shape index (κ3) is 6.55. The van der Waals surface area contributed by atoms with Crippen molar-refractivity contribution in [3.63, 3.8) is 0 Å². The quantitative estimate of drug-likeness (QED) is 0.632. The third-order valence-electron chi connectivity index (χ3n) is 3.47. The van der Waals surface area contributed by atoms with Gasteiger partial charge in [0.2, 0.25) is 0 Å². The van der Waals surface area contributed by atoms with Gasteiger partial charge in [-0.25, -0.2) is 0 Å². The molecule has 1 rings (SSSR count). The van der Waals surface area contributed by atoms with Gasteiger partial charge in [-0.3, -0.25) is 4.90 Å². The standard InChI is InChI=1S/C16H31N3O/c1-5-9-17-13-15-8-12-20-16(15)14-19(6-2)11-7-10-18(3)4/h8,12,17H,5-7,9-11,13-14H2,1-4H3. The summed E-state index contributed by atoms with van der Waals surface area (Å²) in [5.41, 5.74) is 1.30. The lowest BCUT2D eigenvalue weighted by Gasteiger charge is -2.21. The highest BCUT2D eigenvalue weighted by Crippen LogP contribution is 2.13. The molecule has 1 aromatic rings. The van der Waals surface area contributed by atoms with E-state index in [0.29, 0.717) is 0 Å². The summed E-state index contributed by atoms with van der Waals surface area (Å²) >= 11 is 0. The van der Waals surface area contributed by atoms with Gasteiger partial charge in [-0.2, -0.15) is 0 Å². The number of hydrogen-bond acceptors (Lipinski definition) is 4. The van der Waals surface area contributed by atoms with Gasteiger partial charge in [-0.15, -0.1) is 0 Å². The van der Waals surface area contributed by atoms with Crippen molar-refractivity contribution in [2.24, 2.45) is 0 Å². The molecule has 1 heterocycles. The van der Waals surface area contributed by atoms with Crippen LogP contribution in [-0.2, 0) is 13.1 Å². The van der Waals surface area contributed by atoms with Crippen LogP contribution in [0.5, 0.6) is 0 Å². The lowest BCUT2D eigenvalue weighted by Crippen LogP contribution is -2.27. The summed E-state index contributed by atoms with van der Waals surface area (Å²) in [5.74, 6) is 1.11. The molecule has 0 amide bonds. The zero-order valence-corrected chi connectivity index (χ0v) is 13.6. The molecule has 1 aromatic heterocycles. The van der Waals surface area contributed by atoms with Crippen LogP contribution in [0, 0.1) is 0 Å². The smallest absolute Gasteiger partial charge is 0.122 e. The van der Waals surface area contributed by atoms with Gasteiger partial charge in [-0.05, 0) is 59.2 Å². The molecule has 0 unspecified atom stereocenters. The first-order valence-electron chi connectivity index (χ1n) is 7.80. The zero-order valence-electron chi connectivity index (χ0n) is 13.6. The summed E-state index contributed by atoms with van der Waals surface area (Å²) in [6, 6.07) is 2.09. The molecule has 0 aromatic carbocycles. The molecule has 0 atom stereocenters. The Hall–Kier alpha value is -0.840. The first-order valence-corrected chi connectivity index (χ1v) is 7.80. The first-order chi connectivity index (χ1) is 9.67. The predicted octanol–water partition coefficient (Wildman–Crippen LogP) is 2.55. The maximum Gasteiger partial charge on any atom is 0.122 e. The summed E-state index contributed by atoms with van der Waals surface area (Å²) in [6.07, 6.45) is 4.18. The van der Waals surface area contributed by atoms with Crippen LogP contribution >= 0.6 is 0 Å². The Morgan fingerprint density at radius 3 is 2.65 bits per heavy atom. The number of rotatable bonds is 11. The average Bonchev–Trinajstić information content (AvgIpc) is 2.85. The Kier molecular flexibility index (Phi) is 8.58. The van der Waals surface area contributed by atoms with E-state index < -0.39 is 0 Å². The molecule has 4 heteroatoms. The van der Waals surface area contributed by atoms with Crippen LogP contribution < -0.4 is 5.32 Å². The molecular weight excluding hydrogens is 250 g/mol. The lowest BCUT2D eigenvalue weighted by molar-refractivity contribution is 0.239. The van der Waals surface area contributed by atoms with E-state index in [0.717, 1.165) is 45.0 Å². The van der Waals surface area contributed by atoms with E-state index in [-0.39, 0.29) is 0 Å². The van der Waals surface area contributed by atoms with E-state index in [1.54, 1.807) is 0 Å². The molecule has 0 aliphatic carbocycles. The molecule has 0 fully saturated rings. The van der Waals surface area contributed by atoms with Crippen LogP contribution in [0.25, 0.3) is 0 Å². The summed E-state index contributed by atoms with van der Waals surface area (Å²) < 4.78 is 5.66. The van der Waals surface area contributed by atoms with Crippen LogP contribution in [0.2, 0.25) is 0 Å². The molecular formula is C16H31N3O. The van der Waals surface area contributed by atoms with E-state index in [9.17, 15) is 0 Å². The van der Waals surface area contributed by atoms with Crippen LogP contribution in [0.4, 0.5) is 0 Å². The summed E-state index contributed by atoms with van der Waals surface area (Å²) in [7, 11) is 4.25. The Labute approximate surface area is 124 Å². The molecule has 0 aliphatic heterocycles. The highest BCUT2D eigenvalue weighted by Gasteiger charge is 2.10. The number of nitrogens with zero attached hydrogens (tertiary/aromatic N) is 2. The minimum absolute atomic E-state index is 0.912. The van der Waals surface area contributed by atoms with Gasteiger partial charge in [0.1, 0.15) is 5.76 Å². The predicted molar refractivity (Wildman–Crippen MR) is 84.8 cm³/mol. The maximum atomic E-state index is 5.66. The van der Waals surface area contributed by atoms with Crippen molar-refractivity contribution in [3.8, 4) is 0 Å². The first kappa shape index (κ1) is 17.2. The molecule has 20 heavy (non-hydrogen) atoms. The topological polar surface area (TPSA) is 31.7 Å². The number of hydrogen-bond donors (Lipinski definition) is 1. The SMILES string of the molecule is CCCNCc1ccoc1CN(CC)CCCN(C)C. The fourth-order valence-electron chi connectivity index (χ4n) is 2.23. The van der Waals surface area contributed by atoms with Crippen LogP contribution in [0.1, 0.15) is 38.0 Å². The fourth-order valence-corrected chi connectivity index (χ4v) is 2.23. The third-order valence-corrected chi connectivity index (χ3v) is 3.47. The van der Waals surface area contributed by atoms with Crippen molar-refractivity contribution < 1.29 is 4.42 Å². The van der Waals surface area contributed by atoms with Gasteiger partial charge in [0, 0.05) is 12.1 Å². The Morgan fingerprint density at radius 2 is 2.00 bits per heavy atom. The van der Waals surface area contributed by atoms with Gasteiger partial charge in [0.25, 0.3) is 0 Å². The minimum Gasteiger partial charge on any atom is -0.468 e. The van der Waals surface area contributed by atoms with Crippen LogP contribution in [0.3, 0.4) is 0 Å². The van der Waals surface area contributed by atoms with Crippen molar-refractivity contribution in [3.05, 3.63) is 23.7 Å². The second-order valence-corrected chi connectivity index (χ2v) is 5.57. The second kappa shape index (κ2) is 9.97. The van der Waals surface area contributed by atoms with Crippen LogP contribution in [-0.4, -0.2) is 50.1 Å². The molecule has 4 nitrogen and oxygen atoms in total. The number of furan rings is 1. The summed E-state index contributed by atoms with van der Waals surface area (Å²) in [5, 5.41) is 3.44. The fraction of sp³-hybridized carbons (Fsp3) is 0.750. The molecule has 0 aliphatic rings. The van der Waals surface area contributed by atoms with Gasteiger partial charge in [-0.1, -0.05) is 13.8 Å². The Balaban J connectivity index is 2.42. The largest absolute Gasteiger partial charge is 0.468 e. The van der Waals surface area contributed by atoms with Crippen molar-refractivity contribution in [1.29, 1.82) is 0 Å². The van der Waals surface area contributed by atoms with Crippen molar-refractivity contribution in [1.82, 2.24) is 15.1 Å². The minimum atomic E-state index is 0.912. The normalized spacial score (nSPS) is 11.7. The summed E-state index contributed by atoms with van der Waals surface area (Å²) in [4.78, 5) is 4.69. The van der Waals surface area contributed by atoms with Gasteiger partial charge >= 0.3 is 0 Å². The van der Waals surface area contributed by atoms with Crippen LogP contribution in [0.15, 0.2) is 16.7 Å². The monoisotopic (exact) mass is 281 g/mol. The Morgan fingerprint density at radius 1 is 1.20 bits per heavy atom.